The maximum Gasteiger partial charge on any atom is 0.151 e. The van der Waals surface area contributed by atoms with E-state index in [-0.39, 0.29) is 0 Å². The lowest BCUT2D eigenvalue weighted by atomic mass is 10.0. The first kappa shape index (κ1) is 16.5. The van der Waals surface area contributed by atoms with Gasteiger partial charge in [0.25, 0.3) is 0 Å². The van der Waals surface area contributed by atoms with Gasteiger partial charge in [0.1, 0.15) is 0 Å². The molecule has 0 saturated carbocycles. The van der Waals surface area contributed by atoms with Crippen molar-refractivity contribution in [1.29, 1.82) is 0 Å². The first-order chi connectivity index (χ1) is 10.0. The molecule has 1 saturated heterocycles. The zero-order valence-electron chi connectivity index (χ0n) is 13.9. The largest absolute Gasteiger partial charge is 0.360 e. The molecule has 120 valence electrons. The molecule has 21 heavy (non-hydrogen) atoms. The zero-order valence-corrected chi connectivity index (χ0v) is 13.9. The molecule has 1 fully saturated rings. The van der Waals surface area contributed by atoms with Crippen molar-refractivity contribution in [3.05, 3.63) is 17.5 Å². The zero-order chi connectivity index (χ0) is 15.2. The van der Waals surface area contributed by atoms with E-state index in [2.05, 4.69) is 54.3 Å². The van der Waals surface area contributed by atoms with Gasteiger partial charge in [-0.2, -0.15) is 0 Å². The van der Waals surface area contributed by atoms with Gasteiger partial charge in [0.2, 0.25) is 0 Å². The molecule has 1 aliphatic rings. The first-order valence-electron chi connectivity index (χ1n) is 8.08. The fourth-order valence-electron chi connectivity index (χ4n) is 2.82. The highest BCUT2D eigenvalue weighted by Gasteiger charge is 2.22. The Hall–Kier alpha value is -0.910. The minimum absolute atomic E-state index is 0.660. The molecular weight excluding hydrogens is 264 g/mol. The molecular formula is C16H30N4O. The molecule has 1 N–H and O–H groups in total. The minimum atomic E-state index is 0.660. The summed E-state index contributed by atoms with van der Waals surface area (Å²) < 4.78 is 5.48. The number of likely N-dealkylation sites (tertiary alicyclic amines) is 1. The van der Waals surface area contributed by atoms with Crippen LogP contribution in [0.3, 0.4) is 0 Å². The Bertz CT molecular complexity index is 416. The van der Waals surface area contributed by atoms with Crippen LogP contribution in [-0.2, 0) is 13.1 Å². The van der Waals surface area contributed by atoms with Gasteiger partial charge in [-0.15, -0.1) is 0 Å². The highest BCUT2D eigenvalue weighted by molar-refractivity contribution is 5.05. The molecule has 0 amide bonds. The van der Waals surface area contributed by atoms with Crippen LogP contribution in [0.1, 0.15) is 38.1 Å². The third-order valence-corrected chi connectivity index (χ3v) is 4.06. The van der Waals surface area contributed by atoms with Crippen molar-refractivity contribution < 1.29 is 4.52 Å². The average molecular weight is 294 g/mol. The number of nitrogens with one attached hydrogen (secondary N) is 1. The van der Waals surface area contributed by atoms with Gasteiger partial charge in [-0.3, -0.25) is 4.90 Å². The van der Waals surface area contributed by atoms with Crippen LogP contribution in [0, 0.1) is 5.92 Å². The van der Waals surface area contributed by atoms with Crippen LogP contribution in [0.4, 0.5) is 0 Å². The lowest BCUT2D eigenvalue weighted by Crippen LogP contribution is -2.44. The summed E-state index contributed by atoms with van der Waals surface area (Å²) in [4.78, 5) is 4.80. The van der Waals surface area contributed by atoms with Crippen molar-refractivity contribution in [2.24, 2.45) is 5.92 Å². The third kappa shape index (κ3) is 5.41. The van der Waals surface area contributed by atoms with Crippen LogP contribution in [0.2, 0.25) is 0 Å². The van der Waals surface area contributed by atoms with Gasteiger partial charge < -0.3 is 14.7 Å². The maximum absolute atomic E-state index is 5.48. The smallest absolute Gasteiger partial charge is 0.151 e. The highest BCUT2D eigenvalue weighted by Crippen LogP contribution is 2.16. The third-order valence-electron chi connectivity index (χ3n) is 4.06. The Morgan fingerprint density at radius 1 is 1.48 bits per heavy atom. The highest BCUT2D eigenvalue weighted by atomic mass is 16.5. The van der Waals surface area contributed by atoms with Crippen LogP contribution in [0.15, 0.2) is 10.6 Å². The SMILES string of the molecule is CC(C)CNCc1cc(CN2CCCC(N(C)C)C2)on1. The Balaban J connectivity index is 1.79. The molecule has 0 radical (unpaired) electrons. The summed E-state index contributed by atoms with van der Waals surface area (Å²) in [6.45, 7) is 9.38. The summed E-state index contributed by atoms with van der Waals surface area (Å²) in [5.41, 5.74) is 1.01. The molecule has 0 aliphatic carbocycles. The molecule has 2 rings (SSSR count). The van der Waals surface area contributed by atoms with E-state index in [0.717, 1.165) is 44.2 Å². The monoisotopic (exact) mass is 294 g/mol. The minimum Gasteiger partial charge on any atom is -0.360 e. The van der Waals surface area contributed by atoms with Crippen molar-refractivity contribution in [1.82, 2.24) is 20.3 Å². The molecule has 2 heterocycles. The number of nitrogens with zero attached hydrogens (tertiary/aromatic N) is 3. The lowest BCUT2D eigenvalue weighted by molar-refractivity contribution is 0.119. The standard InChI is InChI=1S/C16H30N4O/c1-13(2)9-17-10-14-8-16(21-18-14)12-20-7-5-6-15(11-20)19(3)4/h8,13,15,17H,5-7,9-12H2,1-4H3. The summed E-state index contributed by atoms with van der Waals surface area (Å²) in [5, 5.41) is 7.56. The summed E-state index contributed by atoms with van der Waals surface area (Å²) in [6.07, 6.45) is 2.56. The van der Waals surface area contributed by atoms with Crippen LogP contribution in [-0.4, -0.2) is 54.7 Å². The number of rotatable bonds is 7. The van der Waals surface area contributed by atoms with E-state index in [0.29, 0.717) is 12.0 Å². The van der Waals surface area contributed by atoms with E-state index in [1.54, 1.807) is 0 Å². The number of likely N-dealkylation sites (N-methyl/N-ethyl adjacent to an activating group) is 1. The van der Waals surface area contributed by atoms with E-state index < -0.39 is 0 Å². The van der Waals surface area contributed by atoms with E-state index in [9.17, 15) is 0 Å². The van der Waals surface area contributed by atoms with Gasteiger partial charge in [0, 0.05) is 25.2 Å². The fraction of sp³-hybridized carbons (Fsp3) is 0.812. The number of hydrogen-bond acceptors (Lipinski definition) is 5. The number of piperidine rings is 1. The topological polar surface area (TPSA) is 44.5 Å². The van der Waals surface area contributed by atoms with Crippen LogP contribution in [0.5, 0.6) is 0 Å². The maximum atomic E-state index is 5.48. The summed E-state index contributed by atoms with van der Waals surface area (Å²) in [5.74, 6) is 1.64. The lowest BCUT2D eigenvalue weighted by Gasteiger charge is -2.35. The molecule has 1 unspecified atom stereocenters. The Kier molecular flexibility index (Phi) is 6.21. The van der Waals surface area contributed by atoms with Crippen molar-refractivity contribution in [3.8, 4) is 0 Å². The second-order valence-corrected chi connectivity index (χ2v) is 6.80. The second kappa shape index (κ2) is 7.92. The van der Waals surface area contributed by atoms with Crippen molar-refractivity contribution in [2.45, 2.75) is 45.8 Å². The Morgan fingerprint density at radius 2 is 2.29 bits per heavy atom. The summed E-state index contributed by atoms with van der Waals surface area (Å²) in [6, 6.07) is 2.75. The van der Waals surface area contributed by atoms with Gasteiger partial charge in [0.05, 0.1) is 12.2 Å². The second-order valence-electron chi connectivity index (χ2n) is 6.80. The molecule has 1 aromatic heterocycles. The van der Waals surface area contributed by atoms with Gasteiger partial charge >= 0.3 is 0 Å². The molecule has 5 heteroatoms. The molecule has 0 aromatic carbocycles. The van der Waals surface area contributed by atoms with Crippen LogP contribution < -0.4 is 5.32 Å². The quantitative estimate of drug-likeness (QED) is 0.833. The average Bonchev–Trinajstić information content (AvgIpc) is 2.86. The van der Waals surface area contributed by atoms with Crippen molar-refractivity contribution >= 4 is 0 Å². The predicted octanol–water partition coefficient (Wildman–Crippen LogP) is 1.95. The summed E-state index contributed by atoms with van der Waals surface area (Å²) >= 11 is 0. The fourth-order valence-corrected chi connectivity index (χ4v) is 2.82. The van der Waals surface area contributed by atoms with Crippen LogP contribution in [0.25, 0.3) is 0 Å². The molecule has 1 atom stereocenters. The van der Waals surface area contributed by atoms with E-state index in [1.165, 1.54) is 12.8 Å². The molecule has 0 spiro atoms. The Morgan fingerprint density at radius 3 is 3.00 bits per heavy atom. The van der Waals surface area contributed by atoms with E-state index >= 15 is 0 Å². The molecule has 5 nitrogen and oxygen atoms in total. The van der Waals surface area contributed by atoms with Crippen molar-refractivity contribution in [2.75, 3.05) is 33.7 Å². The molecule has 1 aromatic rings. The number of hydrogen-bond donors (Lipinski definition) is 1. The van der Waals surface area contributed by atoms with Gasteiger partial charge in [-0.25, -0.2) is 0 Å². The first-order valence-corrected chi connectivity index (χ1v) is 8.08. The molecule has 0 bridgehead atoms. The van der Waals surface area contributed by atoms with Gasteiger partial charge in [0.15, 0.2) is 5.76 Å². The number of aromatic nitrogens is 1. The normalized spacial score (nSPS) is 20.6. The van der Waals surface area contributed by atoms with Crippen molar-refractivity contribution in [3.63, 3.8) is 0 Å². The van der Waals surface area contributed by atoms with E-state index in [4.69, 9.17) is 4.52 Å². The molecule has 1 aliphatic heterocycles. The van der Waals surface area contributed by atoms with Gasteiger partial charge in [-0.1, -0.05) is 19.0 Å². The summed E-state index contributed by atoms with van der Waals surface area (Å²) in [7, 11) is 4.34. The van der Waals surface area contributed by atoms with E-state index in [1.807, 2.05) is 0 Å². The Labute approximate surface area is 128 Å². The van der Waals surface area contributed by atoms with Gasteiger partial charge in [-0.05, 0) is 45.9 Å². The van der Waals surface area contributed by atoms with Crippen LogP contribution >= 0.6 is 0 Å². The predicted molar refractivity (Wildman–Crippen MR) is 85.0 cm³/mol.